The Kier molecular flexibility index (Phi) is 5.81. The van der Waals surface area contributed by atoms with Crippen molar-refractivity contribution >= 4 is 56.7 Å². The van der Waals surface area contributed by atoms with Crippen molar-refractivity contribution < 1.29 is 0 Å². The van der Waals surface area contributed by atoms with Crippen LogP contribution in [0.2, 0.25) is 0 Å². The van der Waals surface area contributed by atoms with Gasteiger partial charge in [0.2, 0.25) is 0 Å². The Morgan fingerprint density at radius 1 is 0.875 bits per heavy atom. The maximum Gasteiger partial charge on any atom is 0.136 e. The van der Waals surface area contributed by atoms with Crippen molar-refractivity contribution in [3.63, 3.8) is 0 Å². The van der Waals surface area contributed by atoms with E-state index >= 15 is 0 Å². The van der Waals surface area contributed by atoms with Crippen molar-refractivity contribution in [2.45, 2.75) is 0 Å². The molecule has 0 amide bonds. The van der Waals surface area contributed by atoms with Gasteiger partial charge in [-0.1, -0.05) is 12.1 Å². The van der Waals surface area contributed by atoms with Crippen molar-refractivity contribution in [2.75, 3.05) is 11.5 Å². The third-order valence-corrected chi connectivity index (χ3v) is 3.59. The highest BCUT2D eigenvalue weighted by Gasteiger charge is 1.88. The fourth-order valence-electron chi connectivity index (χ4n) is 0.873. The number of rotatable bonds is 0. The van der Waals surface area contributed by atoms with Crippen molar-refractivity contribution in [1.82, 2.24) is 4.98 Å². The number of nitrogens with zero attached hydrogens (tertiary/aromatic N) is 1. The first-order valence-corrected chi connectivity index (χ1v) is 6.63. The molecule has 2 rings (SSSR count). The Hall–Kier alpha value is -0.570. The smallest absolute Gasteiger partial charge is 0.136 e. The van der Waals surface area contributed by atoms with E-state index in [4.69, 9.17) is 11.5 Å². The minimum Gasteiger partial charge on any atom is -0.398 e. The molecule has 5 heteroatoms. The van der Waals surface area contributed by atoms with E-state index in [1.807, 2.05) is 36.4 Å². The Morgan fingerprint density at radius 2 is 1.50 bits per heavy atom. The van der Waals surface area contributed by atoms with Gasteiger partial charge in [0.15, 0.2) is 0 Å². The van der Waals surface area contributed by atoms with Gasteiger partial charge in [-0.25, -0.2) is 4.98 Å². The van der Waals surface area contributed by atoms with E-state index in [1.54, 1.807) is 6.20 Å². The van der Waals surface area contributed by atoms with Gasteiger partial charge in [-0.2, -0.15) is 0 Å². The highest BCUT2D eigenvalue weighted by Crippen LogP contribution is 2.11. The number of aromatic nitrogens is 1. The van der Waals surface area contributed by atoms with Crippen LogP contribution in [0, 0.1) is 7.14 Å². The van der Waals surface area contributed by atoms with E-state index in [2.05, 4.69) is 50.2 Å². The van der Waals surface area contributed by atoms with Gasteiger partial charge >= 0.3 is 0 Å². The SMILES string of the molecule is Nc1ccccc1I.Nc1ncccc1I. The third kappa shape index (κ3) is 4.52. The van der Waals surface area contributed by atoms with Crippen LogP contribution < -0.4 is 11.5 Å². The first-order chi connectivity index (χ1) is 7.61. The molecule has 4 N–H and O–H groups in total. The summed E-state index contributed by atoms with van der Waals surface area (Å²) in [6.07, 6.45) is 1.68. The molecule has 16 heavy (non-hydrogen) atoms. The van der Waals surface area contributed by atoms with Crippen LogP contribution in [-0.4, -0.2) is 4.98 Å². The normalized spacial score (nSPS) is 9.12. The van der Waals surface area contributed by atoms with Gasteiger partial charge in [-0.05, 0) is 69.4 Å². The molecule has 0 bridgehead atoms. The molecule has 0 spiro atoms. The Balaban J connectivity index is 0.000000160. The van der Waals surface area contributed by atoms with Gasteiger partial charge in [-0.15, -0.1) is 0 Å². The second-order valence-electron chi connectivity index (χ2n) is 2.89. The van der Waals surface area contributed by atoms with Crippen molar-refractivity contribution in [3.05, 3.63) is 49.7 Å². The lowest BCUT2D eigenvalue weighted by atomic mass is 10.3. The van der Waals surface area contributed by atoms with Gasteiger partial charge < -0.3 is 11.5 Å². The molecule has 0 radical (unpaired) electrons. The summed E-state index contributed by atoms with van der Waals surface area (Å²) in [6, 6.07) is 11.5. The molecular formula is C11H11I2N3. The molecule has 1 aromatic carbocycles. The molecule has 0 aliphatic rings. The van der Waals surface area contributed by atoms with Crippen LogP contribution in [0.5, 0.6) is 0 Å². The molecule has 1 heterocycles. The van der Waals surface area contributed by atoms with Crippen molar-refractivity contribution in [1.29, 1.82) is 0 Å². The van der Waals surface area contributed by atoms with Crippen molar-refractivity contribution in [2.24, 2.45) is 0 Å². The summed E-state index contributed by atoms with van der Waals surface area (Å²) < 4.78 is 2.12. The second-order valence-corrected chi connectivity index (χ2v) is 5.22. The largest absolute Gasteiger partial charge is 0.398 e. The Morgan fingerprint density at radius 3 is 1.88 bits per heavy atom. The molecule has 0 atom stereocenters. The van der Waals surface area contributed by atoms with Gasteiger partial charge in [0, 0.05) is 15.5 Å². The standard InChI is InChI=1S/C6H6IN.C5H5IN2/c7-5-3-1-2-4-6(5)8;6-4-2-1-3-8-5(4)7/h1-4H,8H2;1-3H,(H2,7,8). The van der Waals surface area contributed by atoms with Crippen LogP contribution in [0.4, 0.5) is 11.5 Å². The zero-order valence-corrected chi connectivity index (χ0v) is 12.7. The fourth-order valence-corrected chi connectivity index (χ4v) is 1.61. The number of hydrogen-bond donors (Lipinski definition) is 2. The van der Waals surface area contributed by atoms with Gasteiger partial charge in [-0.3, -0.25) is 0 Å². The van der Waals surface area contributed by atoms with Crippen LogP contribution >= 0.6 is 45.2 Å². The Labute approximate surface area is 122 Å². The lowest BCUT2D eigenvalue weighted by molar-refractivity contribution is 1.32. The average Bonchev–Trinajstić information content (AvgIpc) is 2.28. The molecule has 0 saturated heterocycles. The summed E-state index contributed by atoms with van der Waals surface area (Å²) >= 11 is 4.34. The zero-order valence-electron chi connectivity index (χ0n) is 8.40. The van der Waals surface area contributed by atoms with E-state index < -0.39 is 0 Å². The number of anilines is 2. The number of benzene rings is 1. The van der Waals surface area contributed by atoms with Gasteiger partial charge in [0.25, 0.3) is 0 Å². The molecule has 1 aromatic heterocycles. The molecule has 84 valence electrons. The number of para-hydroxylation sites is 1. The minimum absolute atomic E-state index is 0.605. The predicted molar refractivity (Wildman–Crippen MR) is 84.9 cm³/mol. The summed E-state index contributed by atoms with van der Waals surface area (Å²) in [6.45, 7) is 0. The molecule has 0 saturated carbocycles. The summed E-state index contributed by atoms with van der Waals surface area (Å²) in [5, 5.41) is 0. The maximum absolute atomic E-state index is 5.51. The van der Waals surface area contributed by atoms with Crippen LogP contribution in [0.15, 0.2) is 42.6 Å². The van der Waals surface area contributed by atoms with E-state index in [1.165, 1.54) is 0 Å². The zero-order chi connectivity index (χ0) is 12.0. The summed E-state index contributed by atoms with van der Waals surface area (Å²) in [5.41, 5.74) is 11.8. The summed E-state index contributed by atoms with van der Waals surface area (Å²) in [5.74, 6) is 0.605. The van der Waals surface area contributed by atoms with Crippen molar-refractivity contribution in [3.8, 4) is 0 Å². The number of hydrogen-bond acceptors (Lipinski definition) is 3. The number of nitrogens with two attached hydrogens (primary N) is 2. The van der Waals surface area contributed by atoms with Gasteiger partial charge in [0.1, 0.15) is 5.82 Å². The highest BCUT2D eigenvalue weighted by molar-refractivity contribution is 14.1. The topological polar surface area (TPSA) is 64.9 Å². The number of nitrogen functional groups attached to an aromatic ring is 2. The average molecular weight is 439 g/mol. The molecule has 3 nitrogen and oxygen atoms in total. The van der Waals surface area contributed by atoms with Crippen LogP contribution in [0.3, 0.4) is 0 Å². The molecule has 0 aliphatic heterocycles. The first-order valence-electron chi connectivity index (χ1n) is 4.47. The molecule has 0 unspecified atom stereocenters. The minimum atomic E-state index is 0.605. The maximum atomic E-state index is 5.51. The predicted octanol–water partition coefficient (Wildman–Crippen LogP) is 3.14. The lowest BCUT2D eigenvalue weighted by Gasteiger charge is -1.91. The van der Waals surface area contributed by atoms with E-state index in [0.717, 1.165) is 12.8 Å². The van der Waals surface area contributed by atoms with Crippen LogP contribution in [-0.2, 0) is 0 Å². The quantitative estimate of drug-likeness (QED) is 0.490. The summed E-state index contributed by atoms with van der Waals surface area (Å²) in [7, 11) is 0. The first kappa shape index (κ1) is 13.5. The lowest BCUT2D eigenvalue weighted by Crippen LogP contribution is -1.90. The molecule has 0 aliphatic carbocycles. The number of halogens is 2. The van der Waals surface area contributed by atoms with Crippen LogP contribution in [0.1, 0.15) is 0 Å². The van der Waals surface area contributed by atoms with Gasteiger partial charge in [0.05, 0.1) is 3.57 Å². The summed E-state index contributed by atoms with van der Waals surface area (Å²) in [4.78, 5) is 3.85. The molecular weight excluding hydrogens is 428 g/mol. The highest BCUT2D eigenvalue weighted by atomic mass is 127. The fraction of sp³-hybridized carbons (Fsp3) is 0. The van der Waals surface area contributed by atoms with E-state index in [9.17, 15) is 0 Å². The van der Waals surface area contributed by atoms with E-state index in [0.29, 0.717) is 5.82 Å². The van der Waals surface area contributed by atoms with E-state index in [-0.39, 0.29) is 0 Å². The third-order valence-electron chi connectivity index (χ3n) is 1.69. The number of pyridine rings is 1. The molecule has 0 fully saturated rings. The Bertz CT molecular complexity index is 375. The monoisotopic (exact) mass is 439 g/mol. The molecule has 2 aromatic rings. The second kappa shape index (κ2) is 6.89. The van der Waals surface area contributed by atoms with Crippen LogP contribution in [0.25, 0.3) is 0 Å².